The second kappa shape index (κ2) is 5.27. The van der Waals surface area contributed by atoms with Crippen molar-refractivity contribution < 1.29 is 9.13 Å². The first kappa shape index (κ1) is 12.7. The van der Waals surface area contributed by atoms with Gasteiger partial charge in [0.1, 0.15) is 11.0 Å². The van der Waals surface area contributed by atoms with Gasteiger partial charge in [-0.15, -0.1) is 0 Å². The van der Waals surface area contributed by atoms with Gasteiger partial charge in [0.2, 0.25) is 0 Å². The van der Waals surface area contributed by atoms with Gasteiger partial charge in [-0.05, 0) is 12.1 Å². The maximum absolute atomic E-state index is 13.5. The summed E-state index contributed by atoms with van der Waals surface area (Å²) in [6.07, 6.45) is 1.58. The topological polar surface area (TPSA) is 39.1 Å². The molecule has 0 aliphatic carbocycles. The summed E-state index contributed by atoms with van der Waals surface area (Å²) in [6, 6.07) is 4.69. The van der Waals surface area contributed by atoms with E-state index < -0.39 is 5.82 Å². The lowest BCUT2D eigenvalue weighted by Crippen LogP contribution is -2.06. The smallest absolute Gasteiger partial charge is 0.167 e. The molecule has 0 bridgehead atoms. The number of aromatic nitrogens is 2. The number of benzene rings is 1. The third-order valence-electron chi connectivity index (χ3n) is 2.63. The highest BCUT2D eigenvalue weighted by atomic mass is 35.5. The predicted molar refractivity (Wildman–Crippen MR) is 68.5 cm³/mol. The summed E-state index contributed by atoms with van der Waals surface area (Å²) >= 11 is 5.87. The molecule has 1 aromatic heterocycles. The van der Waals surface area contributed by atoms with Crippen molar-refractivity contribution >= 4 is 17.3 Å². The van der Waals surface area contributed by atoms with Gasteiger partial charge >= 0.3 is 0 Å². The molecule has 1 N–H and O–H groups in total. The summed E-state index contributed by atoms with van der Waals surface area (Å²) in [7, 11) is 3.25. The number of ether oxygens (including phenoxy) is 1. The maximum Gasteiger partial charge on any atom is 0.167 e. The highest BCUT2D eigenvalue weighted by Gasteiger charge is 2.06. The number of nitrogens with zero attached hydrogens (tertiary/aromatic N) is 2. The Morgan fingerprint density at radius 1 is 1.50 bits per heavy atom. The van der Waals surface area contributed by atoms with E-state index >= 15 is 0 Å². The van der Waals surface area contributed by atoms with Gasteiger partial charge in [-0.3, -0.25) is 0 Å². The maximum atomic E-state index is 13.5. The molecule has 0 saturated heterocycles. The molecule has 1 aromatic carbocycles. The van der Waals surface area contributed by atoms with Crippen molar-refractivity contribution in [3.8, 4) is 5.75 Å². The van der Waals surface area contributed by atoms with E-state index in [-0.39, 0.29) is 5.75 Å². The Morgan fingerprint density at radius 3 is 2.83 bits per heavy atom. The Balaban J connectivity index is 2.06. The molecule has 0 radical (unpaired) electrons. The van der Waals surface area contributed by atoms with Crippen LogP contribution in [0.15, 0.2) is 24.4 Å². The van der Waals surface area contributed by atoms with E-state index in [1.54, 1.807) is 22.9 Å². The first-order valence-corrected chi connectivity index (χ1v) is 5.73. The highest BCUT2D eigenvalue weighted by molar-refractivity contribution is 6.29. The van der Waals surface area contributed by atoms with Gasteiger partial charge in [0.25, 0.3) is 0 Å². The number of hydrogen-bond acceptors (Lipinski definition) is 3. The summed E-state index contributed by atoms with van der Waals surface area (Å²) in [5, 5.41) is 3.63. The molecule has 0 unspecified atom stereocenters. The normalized spacial score (nSPS) is 10.4. The molecule has 2 rings (SSSR count). The lowest BCUT2D eigenvalue weighted by molar-refractivity contribution is 0.386. The average molecular weight is 270 g/mol. The quantitative estimate of drug-likeness (QED) is 0.928. The van der Waals surface area contributed by atoms with E-state index in [0.717, 1.165) is 5.82 Å². The monoisotopic (exact) mass is 269 g/mol. The van der Waals surface area contributed by atoms with Crippen LogP contribution in [0.2, 0.25) is 5.15 Å². The van der Waals surface area contributed by atoms with Gasteiger partial charge in [0, 0.05) is 18.8 Å². The molecule has 0 fully saturated rings. The third-order valence-corrected chi connectivity index (χ3v) is 2.98. The summed E-state index contributed by atoms with van der Waals surface area (Å²) in [4.78, 5) is 4.14. The Kier molecular flexibility index (Phi) is 3.72. The van der Waals surface area contributed by atoms with Crippen molar-refractivity contribution in [2.45, 2.75) is 6.54 Å². The van der Waals surface area contributed by atoms with Gasteiger partial charge in [0.05, 0.1) is 19.9 Å². The minimum absolute atomic E-state index is 0.223. The van der Waals surface area contributed by atoms with Crippen LogP contribution < -0.4 is 10.1 Å². The van der Waals surface area contributed by atoms with Gasteiger partial charge in [-0.1, -0.05) is 11.6 Å². The molecule has 0 amide bonds. The summed E-state index contributed by atoms with van der Waals surface area (Å²) in [5.41, 5.74) is 0.660. The van der Waals surface area contributed by atoms with Gasteiger partial charge in [-0.25, -0.2) is 9.37 Å². The van der Waals surface area contributed by atoms with Gasteiger partial charge < -0.3 is 14.6 Å². The first-order chi connectivity index (χ1) is 8.61. The Hall–Kier alpha value is -1.75. The number of halogens is 2. The van der Waals surface area contributed by atoms with E-state index in [0.29, 0.717) is 17.4 Å². The Morgan fingerprint density at radius 2 is 2.28 bits per heavy atom. The molecule has 0 aliphatic rings. The second-order valence-corrected chi connectivity index (χ2v) is 4.15. The van der Waals surface area contributed by atoms with Gasteiger partial charge in [0.15, 0.2) is 11.6 Å². The van der Waals surface area contributed by atoms with Crippen molar-refractivity contribution in [3.05, 3.63) is 41.2 Å². The molecule has 0 saturated carbocycles. The summed E-state index contributed by atoms with van der Waals surface area (Å²) in [5.74, 6) is 0.595. The van der Waals surface area contributed by atoms with E-state index in [1.807, 2.05) is 7.05 Å². The third kappa shape index (κ3) is 2.56. The fraction of sp³-hybridized carbons (Fsp3) is 0.250. The van der Waals surface area contributed by atoms with E-state index in [9.17, 15) is 4.39 Å². The van der Waals surface area contributed by atoms with E-state index in [2.05, 4.69) is 10.3 Å². The highest BCUT2D eigenvalue weighted by Crippen LogP contribution is 2.21. The molecule has 0 atom stereocenters. The van der Waals surface area contributed by atoms with Crippen molar-refractivity contribution in [3.63, 3.8) is 0 Å². The zero-order valence-electron chi connectivity index (χ0n) is 10.1. The standard InChI is InChI=1S/C12H13ClFN3O/c1-17-11(13)6-16-12(17)7-15-8-3-4-10(18-2)9(14)5-8/h3-6,15H,7H2,1-2H3. The van der Waals surface area contributed by atoms with Crippen molar-refractivity contribution in [2.24, 2.45) is 7.05 Å². The van der Waals surface area contributed by atoms with Crippen LogP contribution in [-0.4, -0.2) is 16.7 Å². The van der Waals surface area contributed by atoms with Crippen LogP contribution in [0.3, 0.4) is 0 Å². The lowest BCUT2D eigenvalue weighted by atomic mass is 10.3. The Labute approximate surface area is 109 Å². The van der Waals surface area contributed by atoms with Crippen LogP contribution >= 0.6 is 11.6 Å². The molecule has 18 heavy (non-hydrogen) atoms. The minimum Gasteiger partial charge on any atom is -0.494 e. The average Bonchev–Trinajstić information content (AvgIpc) is 2.68. The van der Waals surface area contributed by atoms with Crippen LogP contribution in [0.4, 0.5) is 10.1 Å². The van der Waals surface area contributed by atoms with Gasteiger partial charge in [-0.2, -0.15) is 0 Å². The van der Waals surface area contributed by atoms with Crippen LogP contribution in [0.25, 0.3) is 0 Å². The van der Waals surface area contributed by atoms with Crippen molar-refractivity contribution in [2.75, 3.05) is 12.4 Å². The second-order valence-electron chi connectivity index (χ2n) is 3.76. The van der Waals surface area contributed by atoms with E-state index in [4.69, 9.17) is 16.3 Å². The number of anilines is 1. The molecule has 6 heteroatoms. The molecule has 4 nitrogen and oxygen atoms in total. The summed E-state index contributed by atoms with van der Waals surface area (Å²) in [6.45, 7) is 0.467. The zero-order valence-corrected chi connectivity index (χ0v) is 10.8. The Bertz CT molecular complexity index is 556. The molecule has 1 heterocycles. The van der Waals surface area contributed by atoms with Crippen molar-refractivity contribution in [1.82, 2.24) is 9.55 Å². The zero-order chi connectivity index (χ0) is 13.1. The molecular weight excluding hydrogens is 257 g/mol. The number of hydrogen-bond donors (Lipinski definition) is 1. The predicted octanol–water partition coefficient (Wildman–Crippen LogP) is 2.83. The fourth-order valence-electron chi connectivity index (χ4n) is 1.55. The van der Waals surface area contributed by atoms with Crippen LogP contribution in [-0.2, 0) is 13.6 Å². The molecular formula is C12H13ClFN3O. The molecule has 96 valence electrons. The van der Waals surface area contributed by atoms with Crippen LogP contribution in [0, 0.1) is 5.82 Å². The van der Waals surface area contributed by atoms with E-state index in [1.165, 1.54) is 13.2 Å². The number of nitrogens with one attached hydrogen (secondary N) is 1. The minimum atomic E-state index is -0.402. The molecule has 0 aliphatic heterocycles. The van der Waals surface area contributed by atoms with Crippen molar-refractivity contribution in [1.29, 1.82) is 0 Å². The lowest BCUT2D eigenvalue weighted by Gasteiger charge is -2.08. The molecule has 0 spiro atoms. The number of methoxy groups -OCH3 is 1. The van der Waals surface area contributed by atoms with Crippen LogP contribution in [0.1, 0.15) is 5.82 Å². The first-order valence-electron chi connectivity index (χ1n) is 5.35. The number of imidazole rings is 1. The summed E-state index contributed by atoms with van der Waals surface area (Å²) < 4.78 is 20.1. The number of rotatable bonds is 4. The largest absolute Gasteiger partial charge is 0.494 e. The fourth-order valence-corrected chi connectivity index (χ4v) is 1.69. The molecule has 2 aromatic rings. The van der Waals surface area contributed by atoms with Crippen LogP contribution in [0.5, 0.6) is 5.75 Å². The SMILES string of the molecule is COc1ccc(NCc2ncc(Cl)n2C)cc1F.